The predicted octanol–water partition coefficient (Wildman–Crippen LogP) is 2.02. The Morgan fingerprint density at radius 2 is 2.18 bits per heavy atom. The maximum absolute atomic E-state index is 14.0. The average Bonchev–Trinajstić information content (AvgIpc) is 2.93. The lowest BCUT2D eigenvalue weighted by Crippen LogP contribution is -2.49. The van der Waals surface area contributed by atoms with Crippen LogP contribution >= 0.6 is 0 Å². The highest BCUT2D eigenvalue weighted by molar-refractivity contribution is 6.00. The minimum absolute atomic E-state index is 0.0297. The van der Waals surface area contributed by atoms with Crippen molar-refractivity contribution in [2.45, 2.75) is 25.8 Å². The van der Waals surface area contributed by atoms with Crippen LogP contribution in [0.5, 0.6) is 0 Å². The van der Waals surface area contributed by atoms with Crippen molar-refractivity contribution in [3.8, 4) is 0 Å². The Morgan fingerprint density at radius 3 is 2.86 bits per heavy atom. The number of carbonyl (C=O) groups excluding carboxylic acids is 2. The highest BCUT2D eigenvalue weighted by Crippen LogP contribution is 2.28. The van der Waals surface area contributed by atoms with E-state index in [4.69, 9.17) is 0 Å². The molecule has 2 amide bonds. The van der Waals surface area contributed by atoms with Crippen LogP contribution in [0.25, 0.3) is 0 Å². The second-order valence-electron chi connectivity index (χ2n) is 5.86. The molecule has 22 heavy (non-hydrogen) atoms. The van der Waals surface area contributed by atoms with Crippen LogP contribution in [-0.4, -0.2) is 48.9 Å². The minimum atomic E-state index is -0.481. The molecule has 1 atom stereocenters. The summed E-state index contributed by atoms with van der Waals surface area (Å²) in [5, 5.41) is 2.81. The lowest BCUT2D eigenvalue weighted by atomic mass is 10.0. The molecule has 2 heterocycles. The number of piperidine rings is 1. The highest BCUT2D eigenvalue weighted by atomic mass is 19.1. The number of anilines is 1. The Morgan fingerprint density at radius 1 is 1.36 bits per heavy atom. The van der Waals surface area contributed by atoms with Gasteiger partial charge in [-0.25, -0.2) is 9.18 Å². The monoisotopic (exact) mass is 305 g/mol. The fourth-order valence-electron chi connectivity index (χ4n) is 3.39. The lowest BCUT2D eigenvalue weighted by molar-refractivity contribution is 0.101. The van der Waals surface area contributed by atoms with Gasteiger partial charge in [-0.1, -0.05) is 6.07 Å². The molecule has 0 aromatic heterocycles. The van der Waals surface area contributed by atoms with Gasteiger partial charge in [-0.3, -0.25) is 4.79 Å². The van der Waals surface area contributed by atoms with Gasteiger partial charge in [0.1, 0.15) is 5.82 Å². The van der Waals surface area contributed by atoms with Crippen LogP contribution in [0.4, 0.5) is 14.9 Å². The van der Waals surface area contributed by atoms with Gasteiger partial charge in [0, 0.05) is 26.2 Å². The van der Waals surface area contributed by atoms with Crippen molar-refractivity contribution < 1.29 is 14.0 Å². The van der Waals surface area contributed by atoms with Crippen LogP contribution in [0.2, 0.25) is 0 Å². The fraction of sp³-hybridized carbons (Fsp3) is 0.500. The summed E-state index contributed by atoms with van der Waals surface area (Å²) in [6, 6.07) is 4.81. The number of nitrogens with one attached hydrogen (secondary N) is 1. The van der Waals surface area contributed by atoms with Crippen LogP contribution in [0, 0.1) is 5.82 Å². The molecule has 2 aliphatic heterocycles. The Kier molecular flexibility index (Phi) is 4.00. The quantitative estimate of drug-likeness (QED) is 0.869. The number of Topliss-reactive ketones (excluding diaryl/α,β-unsaturated/α-hetero) is 1. The topological polar surface area (TPSA) is 52.7 Å². The molecular formula is C16H20FN3O2. The van der Waals surface area contributed by atoms with Crippen LogP contribution in [0.1, 0.15) is 30.1 Å². The van der Waals surface area contributed by atoms with E-state index in [0.717, 1.165) is 19.4 Å². The first-order valence-corrected chi connectivity index (χ1v) is 7.67. The molecule has 0 aliphatic carbocycles. The Hall–Kier alpha value is -2.11. The third-order valence-corrected chi connectivity index (χ3v) is 4.41. The summed E-state index contributed by atoms with van der Waals surface area (Å²) in [6.07, 6.45) is 1.86. The number of nitrogens with zero attached hydrogens (tertiary/aromatic N) is 2. The van der Waals surface area contributed by atoms with Crippen LogP contribution in [0.15, 0.2) is 18.2 Å². The van der Waals surface area contributed by atoms with Crippen molar-refractivity contribution in [1.29, 1.82) is 0 Å². The smallest absolute Gasteiger partial charge is 0.317 e. The summed E-state index contributed by atoms with van der Waals surface area (Å²) < 4.78 is 14.0. The molecule has 3 rings (SSSR count). The number of carbonyl (C=O) groups is 2. The first-order chi connectivity index (χ1) is 10.6. The maximum Gasteiger partial charge on any atom is 0.317 e. The van der Waals surface area contributed by atoms with Gasteiger partial charge in [-0.15, -0.1) is 0 Å². The first-order valence-electron chi connectivity index (χ1n) is 7.67. The number of rotatable bonds is 3. The van der Waals surface area contributed by atoms with Crippen LogP contribution < -0.4 is 10.2 Å². The summed E-state index contributed by atoms with van der Waals surface area (Å²) >= 11 is 0. The molecule has 1 aromatic rings. The van der Waals surface area contributed by atoms with E-state index in [-0.39, 0.29) is 23.4 Å². The number of amides is 2. The van der Waals surface area contributed by atoms with Crippen molar-refractivity contribution in [1.82, 2.24) is 10.2 Å². The van der Waals surface area contributed by atoms with Crippen LogP contribution in [-0.2, 0) is 0 Å². The number of benzene rings is 1. The van der Waals surface area contributed by atoms with Gasteiger partial charge in [0.25, 0.3) is 0 Å². The molecule has 5 nitrogen and oxygen atoms in total. The lowest BCUT2D eigenvalue weighted by Gasteiger charge is -2.38. The molecule has 0 bridgehead atoms. The van der Waals surface area contributed by atoms with Gasteiger partial charge in [-0.05, 0) is 31.9 Å². The van der Waals surface area contributed by atoms with Gasteiger partial charge < -0.3 is 15.1 Å². The molecule has 2 aliphatic rings. The van der Waals surface area contributed by atoms with E-state index in [9.17, 15) is 14.0 Å². The molecular weight excluding hydrogens is 285 g/mol. The average molecular weight is 305 g/mol. The van der Waals surface area contributed by atoms with Crippen molar-refractivity contribution >= 4 is 17.5 Å². The van der Waals surface area contributed by atoms with Crippen molar-refractivity contribution in [2.24, 2.45) is 0 Å². The molecule has 6 heteroatoms. The van der Waals surface area contributed by atoms with Crippen molar-refractivity contribution in [2.75, 3.05) is 31.1 Å². The SMILES string of the molecule is CC(=O)c1c(F)cccc1N1CCC[C@@H](N2CCNC2=O)C1. The molecule has 2 fully saturated rings. The summed E-state index contributed by atoms with van der Waals surface area (Å²) in [7, 11) is 0. The van der Waals surface area contributed by atoms with E-state index in [1.165, 1.54) is 13.0 Å². The molecule has 118 valence electrons. The third kappa shape index (κ3) is 2.65. The van der Waals surface area contributed by atoms with E-state index in [2.05, 4.69) is 5.32 Å². The highest BCUT2D eigenvalue weighted by Gasteiger charge is 2.32. The molecule has 0 saturated carbocycles. The van der Waals surface area contributed by atoms with E-state index >= 15 is 0 Å². The summed E-state index contributed by atoms with van der Waals surface area (Å²) in [5.41, 5.74) is 0.783. The number of hydrogen-bond acceptors (Lipinski definition) is 3. The first kappa shape index (κ1) is 14.8. The van der Waals surface area contributed by atoms with Gasteiger partial charge in [0.05, 0.1) is 17.3 Å². The Bertz CT molecular complexity index is 605. The van der Waals surface area contributed by atoms with Crippen molar-refractivity contribution in [3.05, 3.63) is 29.6 Å². The maximum atomic E-state index is 14.0. The Balaban J connectivity index is 1.85. The van der Waals surface area contributed by atoms with E-state index < -0.39 is 5.82 Å². The zero-order valence-corrected chi connectivity index (χ0v) is 12.6. The summed E-state index contributed by atoms with van der Waals surface area (Å²) in [4.78, 5) is 27.5. The molecule has 2 saturated heterocycles. The van der Waals surface area contributed by atoms with Gasteiger partial charge >= 0.3 is 6.03 Å². The molecule has 1 N–H and O–H groups in total. The van der Waals surface area contributed by atoms with E-state index in [1.54, 1.807) is 12.1 Å². The fourth-order valence-corrected chi connectivity index (χ4v) is 3.39. The Labute approximate surface area is 129 Å². The molecule has 0 unspecified atom stereocenters. The normalized spacial score (nSPS) is 21.9. The zero-order chi connectivity index (χ0) is 15.7. The zero-order valence-electron chi connectivity index (χ0n) is 12.6. The van der Waals surface area contributed by atoms with Crippen molar-refractivity contribution in [3.63, 3.8) is 0 Å². The number of hydrogen-bond donors (Lipinski definition) is 1. The standard InChI is InChI=1S/C16H20FN3O2/c1-11(21)15-13(17)5-2-6-14(15)19-8-3-4-12(10-19)20-9-7-18-16(20)22/h2,5-6,12H,3-4,7-10H2,1H3,(H,18,22)/t12-/m1/s1. The van der Waals surface area contributed by atoms with Gasteiger partial charge in [0.2, 0.25) is 0 Å². The number of ketones is 1. The summed E-state index contributed by atoms with van der Waals surface area (Å²) in [6.45, 7) is 4.18. The molecule has 1 aromatic carbocycles. The van der Waals surface area contributed by atoms with E-state index in [0.29, 0.717) is 25.3 Å². The largest absolute Gasteiger partial charge is 0.369 e. The summed E-state index contributed by atoms with van der Waals surface area (Å²) in [5.74, 6) is -0.750. The minimum Gasteiger partial charge on any atom is -0.369 e. The van der Waals surface area contributed by atoms with Gasteiger partial charge in [-0.2, -0.15) is 0 Å². The number of halogens is 1. The molecule has 0 radical (unpaired) electrons. The predicted molar refractivity (Wildman–Crippen MR) is 81.7 cm³/mol. The number of urea groups is 1. The molecule has 0 spiro atoms. The second kappa shape index (κ2) is 5.94. The van der Waals surface area contributed by atoms with Gasteiger partial charge in [0.15, 0.2) is 5.78 Å². The van der Waals surface area contributed by atoms with E-state index in [1.807, 2.05) is 9.80 Å². The third-order valence-electron chi connectivity index (χ3n) is 4.41. The van der Waals surface area contributed by atoms with Crippen LogP contribution in [0.3, 0.4) is 0 Å². The second-order valence-corrected chi connectivity index (χ2v) is 5.86.